The normalized spacial score (nSPS) is 14.9. The van der Waals surface area contributed by atoms with Gasteiger partial charge in [-0.05, 0) is 36.1 Å². The Kier molecular flexibility index (Phi) is 6.25. The number of carbonyl (C=O) groups excluding carboxylic acids is 2. The Hall–Kier alpha value is -2.38. The summed E-state index contributed by atoms with van der Waals surface area (Å²) < 4.78 is 0. The van der Waals surface area contributed by atoms with E-state index in [-0.39, 0.29) is 11.9 Å². The number of benzene rings is 1. The van der Waals surface area contributed by atoms with Gasteiger partial charge in [0, 0.05) is 45.0 Å². The van der Waals surface area contributed by atoms with Gasteiger partial charge >= 0.3 is 6.03 Å². The van der Waals surface area contributed by atoms with Gasteiger partial charge in [0.2, 0.25) is 0 Å². The lowest BCUT2D eigenvalue weighted by Gasteiger charge is -2.34. The molecule has 2 aromatic rings. The fourth-order valence-electron chi connectivity index (χ4n) is 2.96. The van der Waals surface area contributed by atoms with Crippen molar-refractivity contribution in [2.24, 2.45) is 0 Å². The molecule has 1 aromatic carbocycles. The number of urea groups is 1. The summed E-state index contributed by atoms with van der Waals surface area (Å²) >= 11 is 1.48. The van der Waals surface area contributed by atoms with E-state index in [4.69, 9.17) is 0 Å². The van der Waals surface area contributed by atoms with E-state index in [1.54, 1.807) is 0 Å². The molecule has 1 aliphatic rings. The fourth-order valence-corrected chi connectivity index (χ4v) is 3.65. The minimum atomic E-state index is -0.192. The molecule has 0 aliphatic carbocycles. The summed E-state index contributed by atoms with van der Waals surface area (Å²) in [4.78, 5) is 29.2. The van der Waals surface area contributed by atoms with Gasteiger partial charge in [-0.3, -0.25) is 9.69 Å². The molecular weight excluding hydrogens is 348 g/mol. The molecule has 3 amide bonds. The number of anilines is 1. The summed E-state index contributed by atoms with van der Waals surface area (Å²) in [6.07, 6.45) is 0. The van der Waals surface area contributed by atoms with E-state index in [0.29, 0.717) is 6.54 Å². The van der Waals surface area contributed by atoms with Gasteiger partial charge in [-0.25, -0.2) is 4.79 Å². The van der Waals surface area contributed by atoms with Crippen molar-refractivity contribution in [1.82, 2.24) is 15.1 Å². The zero-order chi connectivity index (χ0) is 18.4. The minimum Gasteiger partial charge on any atom is -0.337 e. The van der Waals surface area contributed by atoms with E-state index >= 15 is 0 Å². The molecule has 0 bridgehead atoms. The lowest BCUT2D eigenvalue weighted by Crippen LogP contribution is -2.50. The summed E-state index contributed by atoms with van der Waals surface area (Å²) in [5, 5.41) is 7.65. The lowest BCUT2D eigenvalue weighted by atomic mass is 10.2. The van der Waals surface area contributed by atoms with Crippen LogP contribution in [0.15, 0.2) is 41.8 Å². The van der Waals surface area contributed by atoms with E-state index in [2.05, 4.69) is 15.5 Å². The number of carbonyl (C=O) groups is 2. The molecule has 1 aliphatic heterocycles. The van der Waals surface area contributed by atoms with Crippen LogP contribution in [-0.2, 0) is 0 Å². The van der Waals surface area contributed by atoms with Gasteiger partial charge in [0.1, 0.15) is 0 Å². The van der Waals surface area contributed by atoms with Crippen LogP contribution in [-0.4, -0.2) is 61.0 Å². The maximum Gasteiger partial charge on any atom is 0.319 e. The molecule has 138 valence electrons. The van der Waals surface area contributed by atoms with E-state index in [9.17, 15) is 9.59 Å². The quantitative estimate of drug-likeness (QED) is 0.848. The molecule has 7 heteroatoms. The van der Waals surface area contributed by atoms with Crippen molar-refractivity contribution >= 4 is 29.0 Å². The van der Waals surface area contributed by atoms with Crippen LogP contribution in [0, 0.1) is 6.92 Å². The second-order valence-corrected chi connectivity index (χ2v) is 7.31. The fraction of sp³-hybridized carbons (Fsp3) is 0.368. The summed E-state index contributed by atoms with van der Waals surface area (Å²) in [6, 6.07) is 11.3. The number of piperazine rings is 1. The Morgan fingerprint density at radius 3 is 2.62 bits per heavy atom. The average molecular weight is 372 g/mol. The minimum absolute atomic E-state index is 0.121. The molecule has 6 nitrogen and oxygen atoms in total. The second-order valence-electron chi connectivity index (χ2n) is 6.36. The first-order valence-corrected chi connectivity index (χ1v) is 9.66. The number of thiophene rings is 1. The van der Waals surface area contributed by atoms with E-state index < -0.39 is 0 Å². The van der Waals surface area contributed by atoms with Crippen LogP contribution in [0.4, 0.5) is 10.5 Å². The third-order valence-corrected chi connectivity index (χ3v) is 5.24. The van der Waals surface area contributed by atoms with Crippen molar-refractivity contribution in [1.29, 1.82) is 0 Å². The molecule has 0 unspecified atom stereocenters. The molecule has 0 atom stereocenters. The number of rotatable bonds is 5. The molecular formula is C19H24N4O2S. The Bertz CT molecular complexity index is 740. The average Bonchev–Trinajstić information content (AvgIpc) is 3.16. The van der Waals surface area contributed by atoms with Gasteiger partial charge in [-0.1, -0.05) is 18.2 Å². The largest absolute Gasteiger partial charge is 0.337 e. The zero-order valence-electron chi connectivity index (χ0n) is 14.9. The molecule has 1 fully saturated rings. The molecule has 1 aromatic heterocycles. The molecule has 0 saturated carbocycles. The highest BCUT2D eigenvalue weighted by molar-refractivity contribution is 7.12. The Labute approximate surface area is 157 Å². The van der Waals surface area contributed by atoms with E-state index in [1.807, 2.05) is 53.6 Å². The van der Waals surface area contributed by atoms with Gasteiger partial charge in [0.05, 0.1) is 4.88 Å². The van der Waals surface area contributed by atoms with Crippen LogP contribution in [0.5, 0.6) is 0 Å². The van der Waals surface area contributed by atoms with Crippen molar-refractivity contribution in [3.63, 3.8) is 0 Å². The predicted molar refractivity (Wildman–Crippen MR) is 105 cm³/mol. The van der Waals surface area contributed by atoms with Gasteiger partial charge in [-0.2, -0.15) is 0 Å². The molecule has 2 N–H and O–H groups in total. The molecule has 26 heavy (non-hydrogen) atoms. The highest BCUT2D eigenvalue weighted by atomic mass is 32.1. The van der Waals surface area contributed by atoms with Crippen molar-refractivity contribution in [2.45, 2.75) is 6.92 Å². The van der Waals surface area contributed by atoms with Gasteiger partial charge in [0.25, 0.3) is 5.91 Å². The zero-order valence-corrected chi connectivity index (χ0v) is 15.7. The summed E-state index contributed by atoms with van der Waals surface area (Å²) in [5.41, 5.74) is 1.90. The maximum atomic E-state index is 12.3. The second kappa shape index (κ2) is 8.82. The maximum absolute atomic E-state index is 12.3. The van der Waals surface area contributed by atoms with Crippen molar-refractivity contribution in [3.8, 4) is 0 Å². The topological polar surface area (TPSA) is 64.7 Å². The third-order valence-electron chi connectivity index (χ3n) is 4.38. The van der Waals surface area contributed by atoms with Gasteiger partial charge in [-0.15, -0.1) is 11.3 Å². The van der Waals surface area contributed by atoms with Gasteiger partial charge in [0.15, 0.2) is 0 Å². The monoisotopic (exact) mass is 372 g/mol. The number of nitrogens with zero attached hydrogens (tertiary/aromatic N) is 2. The van der Waals surface area contributed by atoms with Crippen LogP contribution in [0.2, 0.25) is 0 Å². The molecule has 3 rings (SSSR count). The first-order chi connectivity index (χ1) is 12.6. The highest BCUT2D eigenvalue weighted by Gasteiger charge is 2.22. The Balaban J connectivity index is 1.35. The smallest absolute Gasteiger partial charge is 0.319 e. The van der Waals surface area contributed by atoms with Crippen LogP contribution in [0.25, 0.3) is 0 Å². The predicted octanol–water partition coefficient (Wildman–Crippen LogP) is 2.64. The number of amides is 3. The number of hydrogen-bond donors (Lipinski definition) is 2. The Morgan fingerprint density at radius 2 is 1.92 bits per heavy atom. The lowest BCUT2D eigenvalue weighted by molar-refractivity contribution is 0.0644. The van der Waals surface area contributed by atoms with Crippen molar-refractivity contribution < 1.29 is 9.59 Å². The highest BCUT2D eigenvalue weighted by Crippen LogP contribution is 2.13. The van der Waals surface area contributed by atoms with Crippen LogP contribution < -0.4 is 10.6 Å². The SMILES string of the molecule is Cc1cccc(NC(=O)NCCN2CCN(C(=O)c3cccs3)CC2)c1. The van der Waals surface area contributed by atoms with Crippen LogP contribution in [0.1, 0.15) is 15.2 Å². The molecule has 0 radical (unpaired) electrons. The first kappa shape index (κ1) is 18.4. The third kappa shape index (κ3) is 5.06. The van der Waals surface area contributed by atoms with E-state index in [0.717, 1.165) is 48.9 Å². The number of aryl methyl sites for hydroxylation is 1. The first-order valence-electron chi connectivity index (χ1n) is 8.78. The Morgan fingerprint density at radius 1 is 1.12 bits per heavy atom. The summed E-state index contributed by atoms with van der Waals surface area (Å²) in [7, 11) is 0. The summed E-state index contributed by atoms with van der Waals surface area (Å²) in [5.74, 6) is 0.121. The summed E-state index contributed by atoms with van der Waals surface area (Å²) in [6.45, 7) is 6.47. The van der Waals surface area contributed by atoms with Gasteiger partial charge < -0.3 is 15.5 Å². The number of nitrogens with one attached hydrogen (secondary N) is 2. The van der Waals surface area contributed by atoms with Crippen LogP contribution >= 0.6 is 11.3 Å². The van der Waals surface area contributed by atoms with Crippen LogP contribution in [0.3, 0.4) is 0 Å². The van der Waals surface area contributed by atoms with E-state index in [1.165, 1.54) is 11.3 Å². The van der Waals surface area contributed by atoms with Crippen molar-refractivity contribution in [3.05, 3.63) is 52.2 Å². The number of hydrogen-bond acceptors (Lipinski definition) is 4. The van der Waals surface area contributed by atoms with Crippen molar-refractivity contribution in [2.75, 3.05) is 44.6 Å². The standard InChI is InChI=1S/C19H24N4O2S/c1-15-4-2-5-16(14-15)21-19(25)20-7-8-22-9-11-23(12-10-22)18(24)17-6-3-13-26-17/h2-6,13-14H,7-12H2,1H3,(H2,20,21,25). The molecule has 0 spiro atoms. The molecule has 1 saturated heterocycles. The molecule has 2 heterocycles.